The molecule has 1 aromatic carbocycles. The summed E-state index contributed by atoms with van der Waals surface area (Å²) < 4.78 is 32.8. The number of hydrogen-bond donors (Lipinski definition) is 1. The zero-order valence-corrected chi connectivity index (χ0v) is 16.3. The third-order valence-corrected chi connectivity index (χ3v) is 7.15. The number of hydrogen-bond acceptors (Lipinski definition) is 4. The molecule has 1 aromatic rings. The van der Waals surface area contributed by atoms with Crippen molar-refractivity contribution in [3.8, 4) is 5.75 Å². The summed E-state index contributed by atoms with van der Waals surface area (Å²) in [6, 6.07) is 5.19. The summed E-state index contributed by atoms with van der Waals surface area (Å²) >= 11 is 0. The van der Waals surface area contributed by atoms with Gasteiger partial charge in [-0.25, -0.2) is 8.42 Å². The monoisotopic (exact) mass is 382 g/mol. The van der Waals surface area contributed by atoms with E-state index >= 15 is 0 Å². The first-order valence-electron chi connectivity index (χ1n) is 9.18. The van der Waals surface area contributed by atoms with Crippen molar-refractivity contribution >= 4 is 15.9 Å². The normalized spacial score (nSPS) is 19.7. The fourth-order valence-corrected chi connectivity index (χ4v) is 5.32. The lowest BCUT2D eigenvalue weighted by Crippen LogP contribution is -3.15. The third kappa shape index (κ3) is 4.02. The van der Waals surface area contributed by atoms with E-state index in [1.807, 2.05) is 17.9 Å². The van der Waals surface area contributed by atoms with E-state index in [9.17, 15) is 13.2 Å². The Hall–Kier alpha value is -1.64. The highest BCUT2D eigenvalue weighted by molar-refractivity contribution is 7.89. The van der Waals surface area contributed by atoms with E-state index in [-0.39, 0.29) is 10.8 Å². The summed E-state index contributed by atoms with van der Waals surface area (Å²) in [6.45, 7) is 6.18. The number of benzene rings is 1. The minimum atomic E-state index is -3.60. The topological polar surface area (TPSA) is 71.4 Å². The lowest BCUT2D eigenvalue weighted by molar-refractivity contribution is -0.896. The number of sulfonamides is 1. The van der Waals surface area contributed by atoms with Crippen molar-refractivity contribution in [1.29, 1.82) is 0 Å². The van der Waals surface area contributed by atoms with Crippen LogP contribution in [0.15, 0.2) is 23.1 Å². The van der Waals surface area contributed by atoms with Gasteiger partial charge < -0.3 is 14.5 Å². The summed E-state index contributed by atoms with van der Waals surface area (Å²) in [4.78, 5) is 15.6. The Bertz CT molecular complexity index is 752. The molecule has 2 aliphatic heterocycles. The van der Waals surface area contributed by atoms with Gasteiger partial charge in [-0.1, -0.05) is 6.07 Å². The van der Waals surface area contributed by atoms with E-state index in [1.165, 1.54) is 11.4 Å². The zero-order valence-electron chi connectivity index (χ0n) is 15.5. The number of carbonyl (C=O) groups excluding carboxylic acids is 1. The second-order valence-electron chi connectivity index (χ2n) is 7.07. The fourth-order valence-electron chi connectivity index (χ4n) is 3.64. The fraction of sp³-hybridized carbons (Fsp3) is 0.611. The van der Waals surface area contributed by atoms with Crippen LogP contribution in [-0.4, -0.2) is 76.5 Å². The average molecular weight is 383 g/mol. The number of quaternary nitrogens is 1. The Balaban J connectivity index is 1.63. The van der Waals surface area contributed by atoms with Crippen LogP contribution in [0.3, 0.4) is 0 Å². The van der Waals surface area contributed by atoms with Crippen molar-refractivity contribution in [1.82, 2.24) is 9.21 Å². The maximum atomic E-state index is 13.0. The number of methoxy groups -OCH3 is 1. The van der Waals surface area contributed by atoms with Gasteiger partial charge in [0.2, 0.25) is 10.0 Å². The van der Waals surface area contributed by atoms with Crippen LogP contribution >= 0.6 is 0 Å². The number of nitrogens with one attached hydrogen (secondary N) is 1. The summed E-state index contributed by atoms with van der Waals surface area (Å²) in [5, 5.41) is 0. The molecule has 0 saturated carbocycles. The predicted molar refractivity (Wildman–Crippen MR) is 97.9 cm³/mol. The molecule has 1 N–H and O–H groups in total. The molecule has 2 heterocycles. The molecule has 0 spiro atoms. The van der Waals surface area contributed by atoms with Crippen LogP contribution in [-0.2, 0) is 14.8 Å². The molecule has 0 aromatic heterocycles. The van der Waals surface area contributed by atoms with Gasteiger partial charge in [0, 0.05) is 13.1 Å². The molecule has 26 heavy (non-hydrogen) atoms. The molecule has 2 aliphatic rings. The van der Waals surface area contributed by atoms with E-state index in [2.05, 4.69) is 0 Å². The van der Waals surface area contributed by atoms with E-state index in [4.69, 9.17) is 4.74 Å². The van der Waals surface area contributed by atoms with Gasteiger partial charge in [0.25, 0.3) is 5.91 Å². The molecule has 7 nitrogen and oxygen atoms in total. The van der Waals surface area contributed by atoms with Gasteiger partial charge in [0.05, 0.1) is 33.3 Å². The summed E-state index contributed by atoms with van der Waals surface area (Å²) in [7, 11) is -2.11. The molecule has 0 radical (unpaired) electrons. The minimum absolute atomic E-state index is 0.189. The highest BCUT2D eigenvalue weighted by atomic mass is 32.2. The SMILES string of the molecule is COc1ccc(C)cc1S(=O)(=O)N1CC[NH+](CC(=O)N2CCCC2)CC1. The second kappa shape index (κ2) is 7.94. The second-order valence-corrected chi connectivity index (χ2v) is 8.98. The Morgan fingerprint density at radius 1 is 1.15 bits per heavy atom. The Kier molecular flexibility index (Phi) is 5.84. The number of ether oxygens (including phenoxy) is 1. The van der Waals surface area contributed by atoms with E-state index < -0.39 is 10.0 Å². The van der Waals surface area contributed by atoms with E-state index in [1.54, 1.807) is 12.1 Å². The quantitative estimate of drug-likeness (QED) is 0.746. The number of nitrogens with zero attached hydrogens (tertiary/aromatic N) is 2. The number of carbonyl (C=O) groups is 1. The standard InChI is InChI=1S/C18H27N3O4S/c1-15-5-6-16(25-2)17(13-15)26(23,24)21-11-9-19(10-12-21)14-18(22)20-7-3-4-8-20/h5-6,13H,3-4,7-12,14H2,1-2H3/p+1. The molecule has 0 bridgehead atoms. The largest absolute Gasteiger partial charge is 0.495 e. The van der Waals surface area contributed by atoms with Crippen LogP contribution in [0.2, 0.25) is 0 Å². The van der Waals surface area contributed by atoms with Crippen molar-refractivity contribution in [2.24, 2.45) is 0 Å². The van der Waals surface area contributed by atoms with Crippen LogP contribution in [0.4, 0.5) is 0 Å². The van der Waals surface area contributed by atoms with Gasteiger partial charge in [-0.15, -0.1) is 0 Å². The van der Waals surface area contributed by atoms with Gasteiger partial charge in [-0.3, -0.25) is 4.79 Å². The van der Waals surface area contributed by atoms with Crippen molar-refractivity contribution in [3.05, 3.63) is 23.8 Å². The van der Waals surface area contributed by atoms with E-state index in [0.29, 0.717) is 38.5 Å². The molecular weight excluding hydrogens is 354 g/mol. The zero-order chi connectivity index (χ0) is 18.7. The molecule has 0 unspecified atom stereocenters. The molecule has 0 atom stereocenters. The molecule has 144 valence electrons. The lowest BCUT2D eigenvalue weighted by atomic mass is 10.2. The smallest absolute Gasteiger partial charge is 0.277 e. The lowest BCUT2D eigenvalue weighted by Gasteiger charge is -2.32. The van der Waals surface area contributed by atoms with Gasteiger partial charge in [0.15, 0.2) is 6.54 Å². The molecule has 3 rings (SSSR count). The van der Waals surface area contributed by atoms with Crippen LogP contribution in [0.25, 0.3) is 0 Å². The Labute approximate surface area is 155 Å². The summed E-state index contributed by atoms with van der Waals surface area (Å²) in [6.07, 6.45) is 2.18. The number of likely N-dealkylation sites (tertiary alicyclic amines) is 1. The Morgan fingerprint density at radius 2 is 1.81 bits per heavy atom. The molecule has 8 heteroatoms. The summed E-state index contributed by atoms with van der Waals surface area (Å²) in [5.74, 6) is 0.559. The first kappa shape index (κ1) is 19.1. The summed E-state index contributed by atoms with van der Waals surface area (Å²) in [5.41, 5.74) is 0.879. The maximum Gasteiger partial charge on any atom is 0.277 e. The van der Waals surface area contributed by atoms with Gasteiger partial charge >= 0.3 is 0 Å². The number of aryl methyl sites for hydroxylation is 1. The average Bonchev–Trinajstić information content (AvgIpc) is 3.17. The maximum absolute atomic E-state index is 13.0. The van der Waals surface area contributed by atoms with Crippen molar-refractivity contribution in [3.63, 3.8) is 0 Å². The highest BCUT2D eigenvalue weighted by Crippen LogP contribution is 2.27. The molecular formula is C18H28N3O4S+. The molecule has 2 saturated heterocycles. The predicted octanol–water partition coefficient (Wildman–Crippen LogP) is -0.485. The molecule has 2 fully saturated rings. The van der Waals surface area contributed by atoms with Crippen LogP contribution in [0.5, 0.6) is 5.75 Å². The molecule has 1 amide bonds. The first-order valence-corrected chi connectivity index (χ1v) is 10.6. The van der Waals surface area contributed by atoms with Crippen molar-refractivity contribution in [2.45, 2.75) is 24.7 Å². The highest BCUT2D eigenvalue weighted by Gasteiger charge is 2.33. The molecule has 0 aliphatic carbocycles. The number of piperazine rings is 1. The van der Waals surface area contributed by atoms with Crippen molar-refractivity contribution in [2.75, 3.05) is 52.9 Å². The van der Waals surface area contributed by atoms with Crippen molar-refractivity contribution < 1.29 is 22.8 Å². The van der Waals surface area contributed by atoms with Crippen LogP contribution in [0, 0.1) is 6.92 Å². The van der Waals surface area contributed by atoms with Crippen LogP contribution < -0.4 is 9.64 Å². The third-order valence-electron chi connectivity index (χ3n) is 5.23. The minimum Gasteiger partial charge on any atom is -0.495 e. The van der Waals surface area contributed by atoms with Gasteiger partial charge in [0.1, 0.15) is 10.6 Å². The Morgan fingerprint density at radius 3 is 2.42 bits per heavy atom. The number of amides is 1. The first-order chi connectivity index (χ1) is 12.4. The van der Waals surface area contributed by atoms with Gasteiger partial charge in [-0.2, -0.15) is 4.31 Å². The van der Waals surface area contributed by atoms with E-state index in [0.717, 1.165) is 36.4 Å². The number of rotatable bonds is 5. The van der Waals surface area contributed by atoms with Gasteiger partial charge in [-0.05, 0) is 37.5 Å². The van der Waals surface area contributed by atoms with Crippen LogP contribution in [0.1, 0.15) is 18.4 Å².